The van der Waals surface area contributed by atoms with Crippen molar-refractivity contribution < 1.29 is 9.84 Å². The van der Waals surface area contributed by atoms with Crippen molar-refractivity contribution >= 4 is 5.82 Å². The fourth-order valence-electron chi connectivity index (χ4n) is 2.59. The predicted octanol–water partition coefficient (Wildman–Crippen LogP) is 1.49. The third-order valence-electron chi connectivity index (χ3n) is 3.58. The van der Waals surface area contributed by atoms with Gasteiger partial charge in [-0.05, 0) is 26.1 Å². The average molecular weight is 279 g/mol. The summed E-state index contributed by atoms with van der Waals surface area (Å²) in [5.41, 5.74) is 0.397. The SMILES string of the molecule is CCNc1cccc(CN(C)CC2(O)CCOCC2)n1. The van der Waals surface area contributed by atoms with Crippen LogP contribution in [0.4, 0.5) is 5.82 Å². The van der Waals surface area contributed by atoms with Crippen LogP contribution in [0.3, 0.4) is 0 Å². The number of anilines is 1. The molecule has 0 saturated carbocycles. The fraction of sp³-hybridized carbons (Fsp3) is 0.667. The molecular weight excluding hydrogens is 254 g/mol. The predicted molar refractivity (Wildman–Crippen MR) is 79.7 cm³/mol. The summed E-state index contributed by atoms with van der Waals surface area (Å²) in [6.45, 7) is 5.62. The second-order valence-electron chi connectivity index (χ2n) is 5.55. The van der Waals surface area contributed by atoms with Crippen LogP contribution >= 0.6 is 0 Å². The van der Waals surface area contributed by atoms with Crippen molar-refractivity contribution in [3.05, 3.63) is 23.9 Å². The van der Waals surface area contributed by atoms with Crippen molar-refractivity contribution in [2.24, 2.45) is 0 Å². The number of aliphatic hydroxyl groups is 1. The van der Waals surface area contributed by atoms with Crippen molar-refractivity contribution in [1.82, 2.24) is 9.88 Å². The molecule has 0 bridgehead atoms. The summed E-state index contributed by atoms with van der Waals surface area (Å²) in [6, 6.07) is 6.00. The highest BCUT2D eigenvalue weighted by atomic mass is 16.5. The molecule has 2 rings (SSSR count). The summed E-state index contributed by atoms with van der Waals surface area (Å²) in [6.07, 6.45) is 1.42. The zero-order valence-corrected chi connectivity index (χ0v) is 12.4. The minimum Gasteiger partial charge on any atom is -0.388 e. The second-order valence-corrected chi connectivity index (χ2v) is 5.55. The standard InChI is InChI=1S/C15H25N3O2/c1-3-16-14-6-4-5-13(17-14)11-18(2)12-15(19)7-9-20-10-8-15/h4-6,19H,3,7-12H2,1-2H3,(H,16,17). The Morgan fingerprint density at radius 1 is 1.40 bits per heavy atom. The highest BCUT2D eigenvalue weighted by Crippen LogP contribution is 2.21. The van der Waals surface area contributed by atoms with Crippen LogP contribution in [-0.4, -0.2) is 53.9 Å². The molecule has 1 aliphatic rings. The number of hydrogen-bond acceptors (Lipinski definition) is 5. The smallest absolute Gasteiger partial charge is 0.126 e. The Morgan fingerprint density at radius 2 is 2.15 bits per heavy atom. The Hall–Kier alpha value is -1.17. The van der Waals surface area contributed by atoms with Crippen LogP contribution in [0.2, 0.25) is 0 Å². The lowest BCUT2D eigenvalue weighted by molar-refractivity contribution is -0.0778. The third-order valence-corrected chi connectivity index (χ3v) is 3.58. The van der Waals surface area contributed by atoms with Gasteiger partial charge in [-0.15, -0.1) is 0 Å². The molecule has 2 heterocycles. The second kappa shape index (κ2) is 7.02. The maximum Gasteiger partial charge on any atom is 0.126 e. The van der Waals surface area contributed by atoms with E-state index in [0.717, 1.165) is 24.6 Å². The lowest BCUT2D eigenvalue weighted by Crippen LogP contribution is -2.45. The van der Waals surface area contributed by atoms with Gasteiger partial charge in [0.25, 0.3) is 0 Å². The Kier molecular flexibility index (Phi) is 5.34. The number of nitrogens with one attached hydrogen (secondary N) is 1. The first-order valence-corrected chi connectivity index (χ1v) is 7.30. The van der Waals surface area contributed by atoms with Crippen LogP contribution in [0.5, 0.6) is 0 Å². The number of hydrogen-bond donors (Lipinski definition) is 2. The Balaban J connectivity index is 1.90. The van der Waals surface area contributed by atoms with Gasteiger partial charge in [0.15, 0.2) is 0 Å². The van der Waals surface area contributed by atoms with Crippen LogP contribution in [0, 0.1) is 0 Å². The molecule has 0 atom stereocenters. The Labute approximate surface area is 121 Å². The topological polar surface area (TPSA) is 57.6 Å². The van der Waals surface area contributed by atoms with E-state index in [2.05, 4.69) is 22.1 Å². The molecule has 0 spiro atoms. The van der Waals surface area contributed by atoms with Gasteiger partial charge >= 0.3 is 0 Å². The molecule has 0 aliphatic carbocycles. The number of ether oxygens (including phenoxy) is 1. The van der Waals surface area contributed by atoms with Crippen LogP contribution in [0.25, 0.3) is 0 Å². The van der Waals surface area contributed by atoms with Gasteiger partial charge in [0.1, 0.15) is 5.82 Å². The normalized spacial score (nSPS) is 18.2. The molecular formula is C15H25N3O2. The monoisotopic (exact) mass is 279 g/mol. The molecule has 0 aromatic carbocycles. The van der Waals surface area contributed by atoms with Crippen molar-refractivity contribution in [1.29, 1.82) is 0 Å². The van der Waals surface area contributed by atoms with Crippen LogP contribution in [-0.2, 0) is 11.3 Å². The maximum atomic E-state index is 10.5. The maximum absolute atomic E-state index is 10.5. The number of rotatable bonds is 6. The molecule has 1 saturated heterocycles. The van der Waals surface area contributed by atoms with Crippen molar-refractivity contribution in [3.8, 4) is 0 Å². The summed E-state index contributed by atoms with van der Waals surface area (Å²) in [7, 11) is 2.02. The first kappa shape index (κ1) is 15.2. The van der Waals surface area contributed by atoms with Crippen LogP contribution < -0.4 is 5.32 Å². The van der Waals surface area contributed by atoms with Crippen LogP contribution in [0.15, 0.2) is 18.2 Å². The van der Waals surface area contributed by atoms with E-state index in [-0.39, 0.29) is 0 Å². The highest BCUT2D eigenvalue weighted by molar-refractivity contribution is 5.34. The molecule has 0 radical (unpaired) electrons. The van der Waals surface area contributed by atoms with E-state index in [1.165, 1.54) is 0 Å². The van der Waals surface area contributed by atoms with Gasteiger partial charge < -0.3 is 15.2 Å². The molecule has 5 nitrogen and oxygen atoms in total. The van der Waals surface area contributed by atoms with E-state index < -0.39 is 5.60 Å². The lowest BCUT2D eigenvalue weighted by atomic mass is 9.94. The van der Waals surface area contributed by atoms with Crippen molar-refractivity contribution in [2.75, 3.05) is 38.7 Å². The Bertz CT molecular complexity index is 419. The zero-order chi connectivity index (χ0) is 14.4. The lowest BCUT2D eigenvalue weighted by Gasteiger charge is -2.35. The fourth-order valence-corrected chi connectivity index (χ4v) is 2.59. The molecule has 112 valence electrons. The summed E-state index contributed by atoms with van der Waals surface area (Å²) in [5.74, 6) is 0.906. The minimum absolute atomic E-state index is 0.619. The van der Waals surface area contributed by atoms with Crippen molar-refractivity contribution in [2.45, 2.75) is 31.9 Å². The van der Waals surface area contributed by atoms with E-state index in [9.17, 15) is 5.11 Å². The number of likely N-dealkylation sites (N-methyl/N-ethyl adjacent to an activating group) is 1. The Morgan fingerprint density at radius 3 is 2.85 bits per heavy atom. The van der Waals surface area contributed by atoms with E-state index >= 15 is 0 Å². The van der Waals surface area contributed by atoms with E-state index in [1.807, 2.05) is 25.2 Å². The summed E-state index contributed by atoms with van der Waals surface area (Å²) in [5, 5.41) is 13.7. The van der Waals surface area contributed by atoms with Gasteiger partial charge in [0, 0.05) is 45.7 Å². The molecule has 0 amide bonds. The molecule has 1 aromatic rings. The molecule has 5 heteroatoms. The quantitative estimate of drug-likeness (QED) is 0.826. The van der Waals surface area contributed by atoms with Gasteiger partial charge in [-0.1, -0.05) is 6.07 Å². The first-order valence-electron chi connectivity index (χ1n) is 7.30. The van der Waals surface area contributed by atoms with Gasteiger partial charge in [0.2, 0.25) is 0 Å². The van der Waals surface area contributed by atoms with E-state index in [4.69, 9.17) is 4.74 Å². The van der Waals surface area contributed by atoms with Gasteiger partial charge in [-0.3, -0.25) is 4.90 Å². The molecule has 0 unspecified atom stereocenters. The highest BCUT2D eigenvalue weighted by Gasteiger charge is 2.30. The summed E-state index contributed by atoms with van der Waals surface area (Å²) >= 11 is 0. The van der Waals surface area contributed by atoms with Gasteiger partial charge in [0.05, 0.1) is 11.3 Å². The van der Waals surface area contributed by atoms with E-state index in [0.29, 0.717) is 32.6 Å². The van der Waals surface area contributed by atoms with Gasteiger partial charge in [-0.2, -0.15) is 0 Å². The molecule has 1 aromatic heterocycles. The number of nitrogens with zero attached hydrogens (tertiary/aromatic N) is 2. The van der Waals surface area contributed by atoms with Gasteiger partial charge in [-0.25, -0.2) is 4.98 Å². The first-order chi connectivity index (χ1) is 9.61. The molecule has 1 fully saturated rings. The minimum atomic E-state index is -0.619. The third kappa shape index (κ3) is 4.44. The molecule has 2 N–H and O–H groups in total. The molecule has 1 aliphatic heterocycles. The van der Waals surface area contributed by atoms with E-state index in [1.54, 1.807) is 0 Å². The zero-order valence-electron chi connectivity index (χ0n) is 12.4. The number of aromatic nitrogens is 1. The largest absolute Gasteiger partial charge is 0.388 e. The molecule has 20 heavy (non-hydrogen) atoms. The number of pyridine rings is 1. The summed E-state index contributed by atoms with van der Waals surface area (Å²) in [4.78, 5) is 6.69. The van der Waals surface area contributed by atoms with Crippen molar-refractivity contribution in [3.63, 3.8) is 0 Å². The average Bonchev–Trinajstić information content (AvgIpc) is 2.39. The van der Waals surface area contributed by atoms with Crippen LogP contribution in [0.1, 0.15) is 25.5 Å². The summed E-state index contributed by atoms with van der Waals surface area (Å²) < 4.78 is 5.31.